The summed E-state index contributed by atoms with van der Waals surface area (Å²) in [4.78, 5) is 30.4. The molecule has 0 radical (unpaired) electrons. The van der Waals surface area contributed by atoms with E-state index in [9.17, 15) is 22.8 Å². The predicted octanol–water partition coefficient (Wildman–Crippen LogP) is 4.28. The predicted molar refractivity (Wildman–Crippen MR) is 125 cm³/mol. The lowest BCUT2D eigenvalue weighted by atomic mass is 9.78. The number of likely N-dealkylation sites (tertiary alicyclic amines) is 3. The number of ether oxygens (including phenoxy) is 3. The van der Waals surface area contributed by atoms with E-state index in [0.29, 0.717) is 50.3 Å². The molecule has 1 aromatic rings. The Hall–Kier alpha value is -2.69. The molecule has 3 amide bonds. The third-order valence-electron chi connectivity index (χ3n) is 7.47. The minimum Gasteiger partial charge on any atom is -0.497 e. The lowest BCUT2D eigenvalue weighted by Gasteiger charge is -2.39. The number of benzene rings is 1. The summed E-state index contributed by atoms with van der Waals surface area (Å²) < 4.78 is 55.7. The molecule has 0 saturated carbocycles. The second-order valence-corrected chi connectivity index (χ2v) is 9.91. The fraction of sp³-hybridized carbons (Fsp3) is 0.680. The Morgan fingerprint density at radius 1 is 0.944 bits per heavy atom. The monoisotopic (exact) mass is 513 g/mol. The standard InChI is InChI=1S/C25H34F3N3O5/c1-34-20-6-4-19(5-7-20)16-35-17-21(25(26,27)28)36-23(33)30-13-8-24(9-14-30)10-15-31(18-24)22(32)29-11-2-3-12-29/h4-7,21H,2-3,8-18H2,1H3. The minimum absolute atomic E-state index is 0.0486. The minimum atomic E-state index is -4.74. The van der Waals surface area contributed by atoms with Gasteiger partial charge in [-0.05, 0) is 55.2 Å². The van der Waals surface area contributed by atoms with Crippen molar-refractivity contribution in [2.45, 2.75) is 51.0 Å². The first-order valence-corrected chi connectivity index (χ1v) is 12.5. The van der Waals surface area contributed by atoms with Crippen molar-refractivity contribution in [3.8, 4) is 5.75 Å². The van der Waals surface area contributed by atoms with Gasteiger partial charge in [-0.15, -0.1) is 0 Å². The zero-order chi connectivity index (χ0) is 25.8. The molecule has 0 aromatic heterocycles. The van der Waals surface area contributed by atoms with Gasteiger partial charge in [0.05, 0.1) is 20.3 Å². The number of hydrogen-bond acceptors (Lipinski definition) is 5. The molecule has 0 bridgehead atoms. The van der Waals surface area contributed by atoms with Crippen molar-refractivity contribution in [2.24, 2.45) is 5.41 Å². The van der Waals surface area contributed by atoms with Crippen LogP contribution in [0.3, 0.4) is 0 Å². The quantitative estimate of drug-likeness (QED) is 0.568. The Balaban J connectivity index is 1.24. The van der Waals surface area contributed by atoms with E-state index in [1.165, 1.54) is 12.0 Å². The molecule has 3 heterocycles. The fourth-order valence-corrected chi connectivity index (χ4v) is 5.18. The maximum absolute atomic E-state index is 13.5. The van der Waals surface area contributed by atoms with Crippen LogP contribution in [0, 0.1) is 5.41 Å². The molecule has 36 heavy (non-hydrogen) atoms. The molecule has 11 heteroatoms. The Kier molecular flexibility index (Phi) is 8.17. The molecule has 1 spiro atoms. The Bertz CT molecular complexity index is 897. The number of hydrogen-bond donors (Lipinski definition) is 0. The van der Waals surface area contributed by atoms with Crippen molar-refractivity contribution in [3.05, 3.63) is 29.8 Å². The van der Waals surface area contributed by atoms with Crippen molar-refractivity contribution in [1.29, 1.82) is 0 Å². The molecule has 0 N–H and O–H groups in total. The van der Waals surface area contributed by atoms with Gasteiger partial charge < -0.3 is 28.9 Å². The van der Waals surface area contributed by atoms with Gasteiger partial charge in [-0.1, -0.05) is 12.1 Å². The summed E-state index contributed by atoms with van der Waals surface area (Å²) in [5.74, 6) is 0.632. The van der Waals surface area contributed by atoms with Crippen LogP contribution in [-0.4, -0.2) is 92.1 Å². The highest BCUT2D eigenvalue weighted by Gasteiger charge is 2.46. The van der Waals surface area contributed by atoms with Crippen molar-refractivity contribution in [2.75, 3.05) is 53.0 Å². The summed E-state index contributed by atoms with van der Waals surface area (Å²) >= 11 is 0. The van der Waals surface area contributed by atoms with E-state index in [0.717, 1.165) is 32.4 Å². The van der Waals surface area contributed by atoms with Crippen molar-refractivity contribution in [1.82, 2.24) is 14.7 Å². The van der Waals surface area contributed by atoms with Gasteiger partial charge in [-0.2, -0.15) is 13.2 Å². The fourth-order valence-electron chi connectivity index (χ4n) is 5.18. The molecular weight excluding hydrogens is 479 g/mol. The topological polar surface area (TPSA) is 71.5 Å². The molecule has 200 valence electrons. The molecular formula is C25H34F3N3O5. The number of halogens is 3. The second-order valence-electron chi connectivity index (χ2n) is 9.91. The van der Waals surface area contributed by atoms with E-state index in [1.807, 2.05) is 9.80 Å². The van der Waals surface area contributed by atoms with Crippen LogP contribution in [0.2, 0.25) is 0 Å². The number of nitrogens with zero attached hydrogens (tertiary/aromatic N) is 3. The first-order valence-electron chi connectivity index (χ1n) is 12.5. The number of carbonyl (C=O) groups is 2. The van der Waals surface area contributed by atoms with Gasteiger partial charge in [0, 0.05) is 39.3 Å². The Morgan fingerprint density at radius 2 is 1.56 bits per heavy atom. The van der Waals surface area contributed by atoms with Gasteiger partial charge in [0.25, 0.3) is 0 Å². The van der Waals surface area contributed by atoms with Crippen LogP contribution < -0.4 is 4.74 Å². The number of alkyl halides is 3. The third kappa shape index (κ3) is 6.35. The largest absolute Gasteiger partial charge is 0.497 e. The maximum Gasteiger partial charge on any atom is 0.427 e. The van der Waals surface area contributed by atoms with E-state index < -0.39 is 25.0 Å². The number of urea groups is 1. The average Bonchev–Trinajstić information content (AvgIpc) is 3.54. The lowest BCUT2D eigenvalue weighted by molar-refractivity contribution is -0.220. The summed E-state index contributed by atoms with van der Waals surface area (Å²) in [7, 11) is 1.52. The van der Waals surface area contributed by atoms with Crippen LogP contribution in [0.4, 0.5) is 22.8 Å². The summed E-state index contributed by atoms with van der Waals surface area (Å²) in [6, 6.07) is 6.85. The average molecular weight is 514 g/mol. The molecule has 3 aliphatic heterocycles. The van der Waals surface area contributed by atoms with Crippen LogP contribution in [0.25, 0.3) is 0 Å². The van der Waals surface area contributed by atoms with Crippen molar-refractivity contribution >= 4 is 12.1 Å². The molecule has 1 unspecified atom stereocenters. The van der Waals surface area contributed by atoms with Gasteiger partial charge in [0.1, 0.15) is 5.75 Å². The molecule has 1 aromatic carbocycles. The SMILES string of the molecule is COc1ccc(COCC(OC(=O)N2CCC3(CC2)CCN(C(=O)N2CCCC2)C3)C(F)(F)F)cc1. The highest BCUT2D eigenvalue weighted by Crippen LogP contribution is 2.41. The van der Waals surface area contributed by atoms with Crippen LogP contribution in [-0.2, 0) is 16.1 Å². The van der Waals surface area contributed by atoms with Gasteiger partial charge in [0.2, 0.25) is 6.10 Å². The van der Waals surface area contributed by atoms with Crippen LogP contribution in [0.5, 0.6) is 5.75 Å². The van der Waals surface area contributed by atoms with Gasteiger partial charge in [-0.3, -0.25) is 0 Å². The van der Waals surface area contributed by atoms with E-state index in [2.05, 4.69) is 0 Å². The summed E-state index contributed by atoms with van der Waals surface area (Å²) in [5, 5.41) is 0. The summed E-state index contributed by atoms with van der Waals surface area (Å²) in [5.41, 5.74) is 0.593. The summed E-state index contributed by atoms with van der Waals surface area (Å²) in [6.45, 7) is 2.69. The van der Waals surface area contributed by atoms with Crippen molar-refractivity contribution < 1.29 is 37.0 Å². The zero-order valence-corrected chi connectivity index (χ0v) is 20.6. The van der Waals surface area contributed by atoms with Crippen LogP contribution >= 0.6 is 0 Å². The molecule has 0 aliphatic carbocycles. The van der Waals surface area contributed by atoms with Crippen LogP contribution in [0.1, 0.15) is 37.7 Å². The van der Waals surface area contributed by atoms with Crippen molar-refractivity contribution in [3.63, 3.8) is 0 Å². The van der Waals surface area contributed by atoms with Crippen LogP contribution in [0.15, 0.2) is 24.3 Å². The van der Waals surface area contributed by atoms with E-state index in [1.54, 1.807) is 24.3 Å². The lowest BCUT2D eigenvalue weighted by Crippen LogP contribution is -2.48. The molecule has 1 atom stereocenters. The molecule has 4 rings (SSSR count). The first-order chi connectivity index (χ1) is 17.2. The summed E-state index contributed by atoms with van der Waals surface area (Å²) in [6.07, 6.45) is -3.88. The highest BCUT2D eigenvalue weighted by molar-refractivity contribution is 5.75. The number of piperidine rings is 1. The normalized spacial score (nSPS) is 20.6. The van der Waals surface area contributed by atoms with Gasteiger partial charge in [-0.25, -0.2) is 9.59 Å². The van der Waals surface area contributed by atoms with E-state index in [-0.39, 0.29) is 18.1 Å². The van der Waals surface area contributed by atoms with Gasteiger partial charge in [0.15, 0.2) is 0 Å². The molecule has 3 saturated heterocycles. The van der Waals surface area contributed by atoms with Gasteiger partial charge >= 0.3 is 18.3 Å². The Labute approximate surface area is 209 Å². The molecule has 3 fully saturated rings. The third-order valence-corrected chi connectivity index (χ3v) is 7.47. The van der Waals surface area contributed by atoms with E-state index >= 15 is 0 Å². The van der Waals surface area contributed by atoms with E-state index in [4.69, 9.17) is 14.2 Å². The maximum atomic E-state index is 13.5. The zero-order valence-electron chi connectivity index (χ0n) is 20.6. The Morgan fingerprint density at radius 3 is 2.14 bits per heavy atom. The number of rotatable bonds is 6. The molecule has 3 aliphatic rings. The number of carbonyl (C=O) groups excluding carboxylic acids is 2. The second kappa shape index (κ2) is 11.1. The number of amides is 3. The highest BCUT2D eigenvalue weighted by atomic mass is 19.4. The first kappa shape index (κ1) is 26.4. The number of methoxy groups -OCH3 is 1. The smallest absolute Gasteiger partial charge is 0.427 e. The molecule has 8 nitrogen and oxygen atoms in total.